The summed E-state index contributed by atoms with van der Waals surface area (Å²) in [7, 11) is 0. The summed E-state index contributed by atoms with van der Waals surface area (Å²) in [5.41, 5.74) is 3.83. The maximum atomic E-state index is 5.67. The Bertz CT molecular complexity index is 486. The van der Waals surface area contributed by atoms with Crippen molar-refractivity contribution < 1.29 is 0 Å². The van der Waals surface area contributed by atoms with Crippen LogP contribution in [0.1, 0.15) is 42.4 Å². The first kappa shape index (κ1) is 13.5. The molecule has 98 valence electrons. The maximum absolute atomic E-state index is 5.67. The first-order chi connectivity index (χ1) is 8.52. The van der Waals surface area contributed by atoms with Crippen molar-refractivity contribution in [1.29, 1.82) is 0 Å². The molecule has 0 amide bonds. The van der Waals surface area contributed by atoms with Crippen LogP contribution in [-0.4, -0.2) is 14.6 Å². The fraction of sp³-hybridized carbons (Fsp3) is 0.545. The highest BCUT2D eigenvalue weighted by molar-refractivity contribution is 7.09. The standard InChI is InChI=1S/C11H17N5S2/c1-11(2,3)10-9(18-16-15-10)7(14-12)6-8-13-4-5-17-8/h4-5,7,14H,6,12H2,1-3H3. The zero-order valence-electron chi connectivity index (χ0n) is 10.7. The lowest BCUT2D eigenvalue weighted by Gasteiger charge is -2.20. The van der Waals surface area contributed by atoms with Crippen LogP contribution in [-0.2, 0) is 11.8 Å². The van der Waals surface area contributed by atoms with Crippen molar-refractivity contribution in [3.63, 3.8) is 0 Å². The van der Waals surface area contributed by atoms with Gasteiger partial charge in [0.25, 0.3) is 0 Å². The normalized spacial score (nSPS) is 13.8. The summed E-state index contributed by atoms with van der Waals surface area (Å²) in [5, 5.41) is 7.27. The Balaban J connectivity index is 2.25. The highest BCUT2D eigenvalue weighted by Crippen LogP contribution is 2.31. The summed E-state index contributed by atoms with van der Waals surface area (Å²) in [5.74, 6) is 5.67. The van der Waals surface area contributed by atoms with Crippen molar-refractivity contribution in [3.8, 4) is 0 Å². The second kappa shape index (κ2) is 5.40. The van der Waals surface area contributed by atoms with Crippen LogP contribution < -0.4 is 11.3 Å². The number of nitrogens with one attached hydrogen (secondary N) is 1. The van der Waals surface area contributed by atoms with E-state index in [1.807, 2.05) is 11.6 Å². The van der Waals surface area contributed by atoms with Crippen LogP contribution in [0.3, 0.4) is 0 Å². The van der Waals surface area contributed by atoms with Crippen molar-refractivity contribution in [2.75, 3.05) is 0 Å². The van der Waals surface area contributed by atoms with Crippen molar-refractivity contribution in [3.05, 3.63) is 27.2 Å². The van der Waals surface area contributed by atoms with Crippen LogP contribution in [0.4, 0.5) is 0 Å². The third kappa shape index (κ3) is 2.92. The van der Waals surface area contributed by atoms with E-state index in [0.717, 1.165) is 22.0 Å². The number of hydrogen-bond acceptors (Lipinski definition) is 7. The average Bonchev–Trinajstić information content (AvgIpc) is 2.95. The van der Waals surface area contributed by atoms with E-state index in [1.165, 1.54) is 11.5 Å². The zero-order valence-corrected chi connectivity index (χ0v) is 12.3. The quantitative estimate of drug-likeness (QED) is 0.663. The van der Waals surface area contributed by atoms with Gasteiger partial charge in [-0.1, -0.05) is 25.3 Å². The van der Waals surface area contributed by atoms with Gasteiger partial charge in [-0.15, -0.1) is 16.4 Å². The Morgan fingerprint density at radius 1 is 1.44 bits per heavy atom. The SMILES string of the molecule is CC(C)(C)c1nnsc1C(Cc1nccs1)NN. The summed E-state index contributed by atoms with van der Waals surface area (Å²) in [4.78, 5) is 5.39. The van der Waals surface area contributed by atoms with Gasteiger partial charge >= 0.3 is 0 Å². The Kier molecular flexibility index (Phi) is 4.06. The third-order valence-corrected chi connectivity index (χ3v) is 4.24. The van der Waals surface area contributed by atoms with Crippen LogP contribution in [0.15, 0.2) is 11.6 Å². The zero-order chi connectivity index (χ0) is 13.2. The monoisotopic (exact) mass is 283 g/mol. The van der Waals surface area contributed by atoms with Crippen LogP contribution in [0, 0.1) is 0 Å². The van der Waals surface area contributed by atoms with Gasteiger partial charge in [0.15, 0.2) is 0 Å². The first-order valence-electron chi connectivity index (χ1n) is 5.69. The van der Waals surface area contributed by atoms with Crippen LogP contribution in [0.25, 0.3) is 0 Å². The van der Waals surface area contributed by atoms with E-state index >= 15 is 0 Å². The third-order valence-electron chi connectivity index (χ3n) is 2.60. The summed E-state index contributed by atoms with van der Waals surface area (Å²) in [6, 6.07) is 0.0189. The summed E-state index contributed by atoms with van der Waals surface area (Å²) in [6.45, 7) is 6.39. The molecule has 0 aliphatic rings. The van der Waals surface area contributed by atoms with E-state index in [-0.39, 0.29) is 11.5 Å². The lowest BCUT2D eigenvalue weighted by molar-refractivity contribution is 0.515. The minimum Gasteiger partial charge on any atom is -0.271 e. The average molecular weight is 283 g/mol. The molecular formula is C11H17N5S2. The Hall–Kier alpha value is -0.890. The Labute approximate surface area is 115 Å². The highest BCUT2D eigenvalue weighted by atomic mass is 32.1. The van der Waals surface area contributed by atoms with Gasteiger partial charge in [-0.05, 0) is 11.5 Å². The van der Waals surface area contributed by atoms with Crippen molar-refractivity contribution in [1.82, 2.24) is 20.0 Å². The molecule has 0 bridgehead atoms. The summed E-state index contributed by atoms with van der Waals surface area (Å²) in [6.07, 6.45) is 2.57. The Morgan fingerprint density at radius 3 is 2.78 bits per heavy atom. The second-order valence-electron chi connectivity index (χ2n) is 5.09. The molecule has 18 heavy (non-hydrogen) atoms. The van der Waals surface area contributed by atoms with Gasteiger partial charge in [-0.25, -0.2) is 4.98 Å². The summed E-state index contributed by atoms with van der Waals surface area (Å²) >= 11 is 3.04. The molecule has 0 saturated carbocycles. The van der Waals surface area contributed by atoms with E-state index < -0.39 is 0 Å². The largest absolute Gasteiger partial charge is 0.271 e. The topological polar surface area (TPSA) is 76.7 Å². The molecule has 0 aliphatic heterocycles. The van der Waals surface area contributed by atoms with Gasteiger partial charge < -0.3 is 0 Å². The molecule has 0 saturated heterocycles. The van der Waals surface area contributed by atoms with E-state index in [1.54, 1.807) is 11.3 Å². The van der Waals surface area contributed by atoms with E-state index in [4.69, 9.17) is 5.84 Å². The lowest BCUT2D eigenvalue weighted by atomic mass is 9.90. The number of nitrogens with two attached hydrogens (primary N) is 1. The number of aromatic nitrogens is 3. The predicted octanol–water partition coefficient (Wildman–Crippen LogP) is 2.04. The van der Waals surface area contributed by atoms with Crippen LogP contribution >= 0.6 is 22.9 Å². The molecule has 0 fully saturated rings. The molecule has 2 aromatic heterocycles. The molecule has 0 aliphatic carbocycles. The molecule has 2 rings (SSSR count). The van der Waals surface area contributed by atoms with Gasteiger partial charge in [-0.3, -0.25) is 11.3 Å². The van der Waals surface area contributed by atoms with Crippen LogP contribution in [0.2, 0.25) is 0 Å². The molecule has 1 unspecified atom stereocenters. The fourth-order valence-electron chi connectivity index (χ4n) is 1.70. The fourth-order valence-corrected chi connectivity index (χ4v) is 3.29. The molecule has 3 N–H and O–H groups in total. The van der Waals surface area contributed by atoms with Gasteiger partial charge in [0.05, 0.1) is 21.6 Å². The molecule has 2 heterocycles. The van der Waals surface area contributed by atoms with Gasteiger partial charge in [0.1, 0.15) is 0 Å². The molecule has 0 radical (unpaired) electrons. The number of rotatable bonds is 4. The van der Waals surface area contributed by atoms with Crippen molar-refractivity contribution in [2.45, 2.75) is 38.6 Å². The maximum Gasteiger partial charge on any atom is 0.0944 e. The molecule has 1 atom stereocenters. The lowest BCUT2D eigenvalue weighted by Crippen LogP contribution is -2.31. The molecular weight excluding hydrogens is 266 g/mol. The molecule has 7 heteroatoms. The minimum atomic E-state index is -0.0275. The second-order valence-corrected chi connectivity index (χ2v) is 6.85. The number of hydrogen-bond donors (Lipinski definition) is 2. The first-order valence-corrected chi connectivity index (χ1v) is 7.35. The number of nitrogens with zero attached hydrogens (tertiary/aromatic N) is 3. The van der Waals surface area contributed by atoms with Crippen LogP contribution in [0.5, 0.6) is 0 Å². The summed E-state index contributed by atoms with van der Waals surface area (Å²) < 4.78 is 4.07. The van der Waals surface area contributed by atoms with Crippen molar-refractivity contribution in [2.24, 2.45) is 5.84 Å². The molecule has 5 nitrogen and oxygen atoms in total. The highest BCUT2D eigenvalue weighted by Gasteiger charge is 2.27. The molecule has 2 aromatic rings. The van der Waals surface area contributed by atoms with Gasteiger partial charge in [0.2, 0.25) is 0 Å². The van der Waals surface area contributed by atoms with Gasteiger partial charge in [0, 0.05) is 23.4 Å². The van der Waals surface area contributed by atoms with E-state index in [2.05, 4.69) is 40.8 Å². The van der Waals surface area contributed by atoms with E-state index in [0.29, 0.717) is 0 Å². The number of hydrazine groups is 1. The predicted molar refractivity (Wildman–Crippen MR) is 74.5 cm³/mol. The molecule has 0 spiro atoms. The number of thiazole rings is 1. The van der Waals surface area contributed by atoms with E-state index in [9.17, 15) is 0 Å². The van der Waals surface area contributed by atoms with Crippen molar-refractivity contribution >= 4 is 22.9 Å². The Morgan fingerprint density at radius 2 is 2.22 bits per heavy atom. The minimum absolute atomic E-state index is 0.0189. The smallest absolute Gasteiger partial charge is 0.0944 e. The molecule has 0 aromatic carbocycles. The van der Waals surface area contributed by atoms with Gasteiger partial charge in [-0.2, -0.15) is 0 Å².